The van der Waals surface area contributed by atoms with Crippen molar-refractivity contribution >= 4 is 5.97 Å². The summed E-state index contributed by atoms with van der Waals surface area (Å²) in [6, 6.07) is 31.1. The van der Waals surface area contributed by atoms with Crippen LogP contribution in [0.15, 0.2) is 91.0 Å². The van der Waals surface area contributed by atoms with Crippen LogP contribution in [-0.4, -0.2) is 40.0 Å². The predicted octanol–water partition coefficient (Wildman–Crippen LogP) is 5.23. The fourth-order valence-electron chi connectivity index (χ4n) is 4.96. The number of carboxylic acids is 1. The Balaban J connectivity index is 1.67. The van der Waals surface area contributed by atoms with E-state index in [-0.39, 0.29) is 12.1 Å². The molecule has 1 aliphatic rings. The quantitative estimate of drug-likeness (QED) is 0.534. The molecule has 166 valence electrons. The van der Waals surface area contributed by atoms with Crippen LogP contribution < -0.4 is 0 Å². The molecule has 1 fully saturated rings. The van der Waals surface area contributed by atoms with E-state index in [0.717, 1.165) is 13.1 Å². The van der Waals surface area contributed by atoms with Gasteiger partial charge in [-0.15, -0.1) is 0 Å². The van der Waals surface area contributed by atoms with Crippen LogP contribution in [-0.2, 0) is 17.9 Å². The summed E-state index contributed by atoms with van der Waals surface area (Å²) in [5.41, 5.74) is 2.76. The molecule has 3 aromatic rings. The Kier molecular flexibility index (Phi) is 6.73. The van der Waals surface area contributed by atoms with Gasteiger partial charge in [0.1, 0.15) is 0 Å². The number of hydrogen-bond acceptors (Lipinski definition) is 3. The highest BCUT2D eigenvalue weighted by Crippen LogP contribution is 2.39. The Morgan fingerprint density at radius 2 is 1.50 bits per heavy atom. The number of nitrogens with zero attached hydrogens (tertiary/aromatic N) is 2. The second-order valence-electron chi connectivity index (χ2n) is 9.14. The molecule has 1 aliphatic heterocycles. The lowest BCUT2D eigenvalue weighted by Crippen LogP contribution is -2.50. The van der Waals surface area contributed by atoms with Crippen LogP contribution >= 0.6 is 0 Å². The molecule has 1 saturated heterocycles. The van der Waals surface area contributed by atoms with Gasteiger partial charge in [0.25, 0.3) is 0 Å². The third kappa shape index (κ3) is 4.77. The van der Waals surface area contributed by atoms with Gasteiger partial charge in [0, 0.05) is 38.3 Å². The van der Waals surface area contributed by atoms with Gasteiger partial charge >= 0.3 is 5.97 Å². The van der Waals surface area contributed by atoms with E-state index in [1.165, 1.54) is 16.7 Å². The molecule has 32 heavy (non-hydrogen) atoms. The van der Waals surface area contributed by atoms with Crippen LogP contribution in [0.3, 0.4) is 0 Å². The molecule has 1 N–H and O–H groups in total. The van der Waals surface area contributed by atoms with Crippen molar-refractivity contribution in [3.63, 3.8) is 0 Å². The Bertz CT molecular complexity index is 1010. The van der Waals surface area contributed by atoms with E-state index in [0.29, 0.717) is 13.1 Å². The number of likely N-dealkylation sites (tertiary alicyclic amines) is 1. The van der Waals surface area contributed by atoms with Crippen LogP contribution in [0.4, 0.5) is 0 Å². The van der Waals surface area contributed by atoms with Crippen molar-refractivity contribution in [2.45, 2.75) is 39.0 Å². The van der Waals surface area contributed by atoms with E-state index in [9.17, 15) is 9.90 Å². The van der Waals surface area contributed by atoms with E-state index >= 15 is 0 Å². The zero-order valence-corrected chi connectivity index (χ0v) is 18.9. The molecule has 4 rings (SSSR count). The molecule has 4 nitrogen and oxygen atoms in total. The molecule has 0 unspecified atom stereocenters. The van der Waals surface area contributed by atoms with Gasteiger partial charge in [0.2, 0.25) is 0 Å². The first-order valence-corrected chi connectivity index (χ1v) is 11.3. The fraction of sp³-hybridized carbons (Fsp3) is 0.321. The second kappa shape index (κ2) is 9.68. The number of carbonyl (C=O) groups is 1. The first kappa shape index (κ1) is 22.3. The molecular weight excluding hydrogens is 396 g/mol. The summed E-state index contributed by atoms with van der Waals surface area (Å²) in [6.07, 6.45) is 0. The fourth-order valence-corrected chi connectivity index (χ4v) is 4.96. The molecule has 0 aliphatic carbocycles. The predicted molar refractivity (Wildman–Crippen MR) is 128 cm³/mol. The van der Waals surface area contributed by atoms with Crippen molar-refractivity contribution in [1.82, 2.24) is 9.80 Å². The summed E-state index contributed by atoms with van der Waals surface area (Å²) < 4.78 is 0. The molecular formula is C28H32N2O2. The van der Waals surface area contributed by atoms with Crippen molar-refractivity contribution < 1.29 is 9.90 Å². The van der Waals surface area contributed by atoms with Gasteiger partial charge in [-0.2, -0.15) is 0 Å². The van der Waals surface area contributed by atoms with Crippen LogP contribution in [0.5, 0.6) is 0 Å². The van der Waals surface area contributed by atoms with Gasteiger partial charge in [0.05, 0.1) is 5.41 Å². The topological polar surface area (TPSA) is 43.8 Å². The van der Waals surface area contributed by atoms with Gasteiger partial charge in [-0.05, 0) is 30.5 Å². The first-order valence-electron chi connectivity index (χ1n) is 11.3. The van der Waals surface area contributed by atoms with E-state index in [4.69, 9.17) is 0 Å². The van der Waals surface area contributed by atoms with Crippen LogP contribution in [0.2, 0.25) is 0 Å². The van der Waals surface area contributed by atoms with Gasteiger partial charge in [-0.25, -0.2) is 0 Å². The third-order valence-electron chi connectivity index (χ3n) is 6.84. The molecule has 3 aromatic carbocycles. The lowest BCUT2D eigenvalue weighted by atomic mass is 9.83. The van der Waals surface area contributed by atoms with E-state index in [2.05, 4.69) is 65.3 Å². The summed E-state index contributed by atoms with van der Waals surface area (Å²) in [7, 11) is 0. The smallest absolute Gasteiger partial charge is 0.312 e. The zero-order valence-electron chi connectivity index (χ0n) is 18.9. The minimum Gasteiger partial charge on any atom is -0.481 e. The van der Waals surface area contributed by atoms with E-state index in [1.54, 1.807) is 0 Å². The maximum Gasteiger partial charge on any atom is 0.312 e. The highest BCUT2D eigenvalue weighted by molar-refractivity contribution is 5.76. The lowest BCUT2D eigenvalue weighted by Gasteiger charge is -2.40. The summed E-state index contributed by atoms with van der Waals surface area (Å²) in [5.74, 6) is -0.726. The summed E-state index contributed by atoms with van der Waals surface area (Å²) >= 11 is 0. The maximum atomic E-state index is 12.6. The van der Waals surface area contributed by atoms with E-state index in [1.807, 2.05) is 49.4 Å². The molecule has 0 spiro atoms. The molecule has 0 amide bonds. The first-order chi connectivity index (χ1) is 15.5. The Hall–Kier alpha value is -2.95. The number of hydrogen-bond donors (Lipinski definition) is 1. The molecule has 1 heterocycles. The van der Waals surface area contributed by atoms with Crippen LogP contribution in [0.25, 0.3) is 0 Å². The Morgan fingerprint density at radius 3 is 2.06 bits per heavy atom. The van der Waals surface area contributed by atoms with Gasteiger partial charge in [-0.3, -0.25) is 14.6 Å². The molecule has 0 saturated carbocycles. The van der Waals surface area contributed by atoms with Crippen LogP contribution in [0, 0.1) is 5.41 Å². The van der Waals surface area contributed by atoms with Crippen LogP contribution in [0.1, 0.15) is 36.6 Å². The van der Waals surface area contributed by atoms with Gasteiger partial charge in [0.15, 0.2) is 0 Å². The molecule has 0 aromatic heterocycles. The largest absolute Gasteiger partial charge is 0.481 e. The average molecular weight is 429 g/mol. The third-order valence-corrected chi connectivity index (χ3v) is 6.84. The Labute approximate surface area is 191 Å². The molecule has 0 radical (unpaired) electrons. The summed E-state index contributed by atoms with van der Waals surface area (Å²) in [6.45, 7) is 6.85. The summed E-state index contributed by atoms with van der Waals surface area (Å²) in [4.78, 5) is 17.3. The van der Waals surface area contributed by atoms with Crippen molar-refractivity contribution in [3.8, 4) is 0 Å². The number of carboxylic acid groups (broad SMARTS) is 1. The monoisotopic (exact) mass is 428 g/mol. The lowest BCUT2D eigenvalue weighted by molar-refractivity contribution is -0.150. The number of aliphatic carboxylic acids is 1. The summed E-state index contributed by atoms with van der Waals surface area (Å²) in [5, 5.41) is 10.3. The molecule has 3 atom stereocenters. The van der Waals surface area contributed by atoms with Crippen molar-refractivity contribution in [3.05, 3.63) is 108 Å². The second-order valence-corrected chi connectivity index (χ2v) is 9.14. The number of benzene rings is 3. The standard InChI is InChI=1S/C28H32N2O2/c1-22(25-16-10-5-11-17-25)30(19-24-14-8-4-9-15-24)26-20-29(21-28(26,2)27(31)32)18-23-12-6-3-7-13-23/h3-17,22,26H,18-21H2,1-2H3,(H,31,32)/t22-,26-,28+/m0/s1. The maximum absolute atomic E-state index is 12.6. The minimum absolute atomic E-state index is 0.0942. The SMILES string of the molecule is C[C@@H](c1ccccc1)N(Cc1ccccc1)[C@H]1CN(Cc2ccccc2)C[C@@]1(C)C(=O)O. The van der Waals surface area contributed by atoms with Gasteiger partial charge < -0.3 is 5.11 Å². The zero-order chi connectivity index (χ0) is 22.6. The molecule has 4 heteroatoms. The van der Waals surface area contributed by atoms with Crippen molar-refractivity contribution in [2.24, 2.45) is 5.41 Å². The van der Waals surface area contributed by atoms with Gasteiger partial charge in [-0.1, -0.05) is 91.0 Å². The van der Waals surface area contributed by atoms with Crippen molar-refractivity contribution in [2.75, 3.05) is 13.1 Å². The Morgan fingerprint density at radius 1 is 0.969 bits per heavy atom. The number of rotatable bonds is 8. The van der Waals surface area contributed by atoms with E-state index < -0.39 is 11.4 Å². The van der Waals surface area contributed by atoms with Crippen molar-refractivity contribution in [1.29, 1.82) is 0 Å². The minimum atomic E-state index is -0.855. The highest BCUT2D eigenvalue weighted by Gasteiger charge is 2.52. The molecule has 0 bridgehead atoms. The normalized spacial score (nSPS) is 22.2. The average Bonchev–Trinajstić information content (AvgIpc) is 3.16. The highest BCUT2D eigenvalue weighted by atomic mass is 16.4.